The predicted molar refractivity (Wildman–Crippen MR) is 50.9 cm³/mol. The average Bonchev–Trinajstić information content (AvgIpc) is 2.57. The molecule has 2 rings (SSSR count). The molecule has 0 aromatic carbocycles. The van der Waals surface area contributed by atoms with Gasteiger partial charge < -0.3 is 10.7 Å². The van der Waals surface area contributed by atoms with Gasteiger partial charge in [-0.05, 0) is 12.1 Å². The van der Waals surface area contributed by atoms with Crippen molar-refractivity contribution in [1.82, 2.24) is 4.98 Å². The van der Waals surface area contributed by atoms with Crippen LogP contribution in [0.15, 0.2) is 6.20 Å². The number of nitrogens with zero attached hydrogens (tertiary/aromatic N) is 1. The van der Waals surface area contributed by atoms with Gasteiger partial charge >= 0.3 is 0 Å². The Kier molecular flexibility index (Phi) is 6.53. The monoisotopic (exact) mass is 252 g/mol. The molecule has 0 amide bonds. The Morgan fingerprint density at radius 2 is 2.08 bits per heavy atom. The van der Waals surface area contributed by atoms with Crippen LogP contribution in [0.3, 0.4) is 0 Å². The molecule has 2 nitrogen and oxygen atoms in total. The Balaban J connectivity index is 0.000000451. The van der Waals surface area contributed by atoms with E-state index in [9.17, 15) is 0 Å². The van der Waals surface area contributed by atoms with Crippen molar-refractivity contribution >= 4 is 5.69 Å². The summed E-state index contributed by atoms with van der Waals surface area (Å²) in [6.07, 6.45) is 5.05. The normalized spacial score (nSPS) is 12.2. The summed E-state index contributed by atoms with van der Waals surface area (Å²) in [6, 6.07) is 2.90. The van der Waals surface area contributed by atoms with Crippen molar-refractivity contribution in [1.29, 1.82) is 0 Å². The number of hydrogen-bond donors (Lipinski definition) is 1. The summed E-state index contributed by atoms with van der Waals surface area (Å²) in [6.45, 7) is 4.00. The van der Waals surface area contributed by atoms with Gasteiger partial charge in [-0.25, -0.2) is 6.07 Å². The second-order valence-electron chi connectivity index (χ2n) is 2.60. The molecule has 1 aliphatic rings. The molecule has 1 aliphatic carbocycles. The molecule has 0 atom stereocenters. The fourth-order valence-electron chi connectivity index (χ4n) is 1.43. The zero-order valence-electron chi connectivity index (χ0n) is 8.30. The van der Waals surface area contributed by atoms with Gasteiger partial charge in [-0.3, -0.25) is 0 Å². The molecule has 1 aromatic heterocycles. The van der Waals surface area contributed by atoms with Crippen LogP contribution < -0.4 is 5.73 Å². The van der Waals surface area contributed by atoms with E-state index in [1.54, 1.807) is 6.20 Å². The number of nitrogens with two attached hydrogens (primary N) is 1. The van der Waals surface area contributed by atoms with Gasteiger partial charge in [0.1, 0.15) is 0 Å². The molecule has 1 radical (unpaired) electrons. The van der Waals surface area contributed by atoms with E-state index < -0.39 is 0 Å². The van der Waals surface area contributed by atoms with Crippen LogP contribution in [0.1, 0.15) is 31.5 Å². The van der Waals surface area contributed by atoms with E-state index in [1.807, 2.05) is 13.8 Å². The Morgan fingerprint density at radius 1 is 1.38 bits per heavy atom. The summed E-state index contributed by atoms with van der Waals surface area (Å²) in [7, 11) is 0. The minimum absolute atomic E-state index is 0. The number of aromatic nitrogens is 1. The smallest absolute Gasteiger partial charge is 0 e. The first-order valence-corrected chi connectivity index (χ1v) is 4.52. The van der Waals surface area contributed by atoms with Crippen molar-refractivity contribution in [2.24, 2.45) is 0 Å². The van der Waals surface area contributed by atoms with Crippen molar-refractivity contribution in [3.63, 3.8) is 0 Å². The van der Waals surface area contributed by atoms with Crippen molar-refractivity contribution in [2.45, 2.75) is 33.1 Å². The first-order valence-electron chi connectivity index (χ1n) is 4.52. The quantitative estimate of drug-likeness (QED) is 0.717. The van der Waals surface area contributed by atoms with Gasteiger partial charge in [-0.2, -0.15) is 5.56 Å². The van der Waals surface area contributed by atoms with Crippen LogP contribution in [0.5, 0.6) is 0 Å². The van der Waals surface area contributed by atoms with Gasteiger partial charge in [0.15, 0.2) is 0 Å². The van der Waals surface area contributed by atoms with Gasteiger partial charge in [0, 0.05) is 32.7 Å². The number of nitrogen functional groups attached to an aromatic ring is 1. The van der Waals surface area contributed by atoms with E-state index in [-0.39, 0.29) is 32.7 Å². The van der Waals surface area contributed by atoms with Gasteiger partial charge in [0.05, 0.1) is 0 Å². The fraction of sp³-hybridized carbons (Fsp3) is 0.500. The van der Waals surface area contributed by atoms with E-state index in [0.29, 0.717) is 0 Å². The van der Waals surface area contributed by atoms with E-state index in [2.05, 4.69) is 11.1 Å². The third-order valence-electron chi connectivity index (χ3n) is 1.95. The second kappa shape index (κ2) is 6.50. The van der Waals surface area contributed by atoms with E-state index >= 15 is 0 Å². The summed E-state index contributed by atoms with van der Waals surface area (Å²) >= 11 is 0. The maximum atomic E-state index is 5.68. The number of fused-ring (bicyclic) bond motifs is 1. The molecule has 0 fully saturated rings. The summed E-state index contributed by atoms with van der Waals surface area (Å²) in [5.74, 6) is 0. The molecular weight excluding hydrogens is 237 g/mol. The topological polar surface area (TPSA) is 38.9 Å². The minimum atomic E-state index is 0. The van der Waals surface area contributed by atoms with Gasteiger partial charge in [0.25, 0.3) is 0 Å². The Labute approximate surface area is 105 Å². The van der Waals surface area contributed by atoms with Gasteiger partial charge in [-0.1, -0.05) is 32.9 Å². The zero-order valence-corrected chi connectivity index (χ0v) is 11.1. The maximum Gasteiger partial charge on any atom is 0 e. The molecule has 0 aliphatic heterocycles. The molecule has 13 heavy (non-hydrogen) atoms. The Morgan fingerprint density at radius 3 is 2.69 bits per heavy atom. The molecule has 0 spiro atoms. The van der Waals surface area contributed by atoms with Crippen LogP contribution in [0, 0.1) is 6.07 Å². The first-order chi connectivity index (χ1) is 5.88. The third kappa shape index (κ3) is 3.03. The number of anilines is 1. The maximum absolute atomic E-state index is 5.68. The van der Waals surface area contributed by atoms with Crippen molar-refractivity contribution < 1.29 is 32.7 Å². The number of hydrogen-bond acceptors (Lipinski definition) is 2. The standard InChI is InChI=1S/C8H9N2.C2H6.Y/c9-7-4-5-10-8-3-1-2-6(7)8;1-2;/h5H,1-3H2,(H2,9,10);1-2H3;/q-1;;. The molecule has 0 saturated heterocycles. The van der Waals surface area contributed by atoms with Crippen LogP contribution in [0.4, 0.5) is 5.69 Å². The Bertz CT molecular complexity index is 261. The van der Waals surface area contributed by atoms with Crippen LogP contribution in [-0.2, 0) is 45.6 Å². The molecule has 1 heterocycles. The second-order valence-corrected chi connectivity index (χ2v) is 2.60. The van der Waals surface area contributed by atoms with Crippen LogP contribution in [0.25, 0.3) is 0 Å². The number of pyridine rings is 1. The van der Waals surface area contributed by atoms with E-state index in [1.165, 1.54) is 17.7 Å². The number of rotatable bonds is 0. The molecular formula is C10H15N2Y-. The molecule has 0 saturated carbocycles. The van der Waals surface area contributed by atoms with Crippen LogP contribution >= 0.6 is 0 Å². The summed E-state index contributed by atoms with van der Waals surface area (Å²) < 4.78 is 0. The SMILES string of the molecule is CC.Nc1[c-]cnc2c1CCC2.[Y]. The Hall–Kier alpha value is 0.0539. The zero-order chi connectivity index (χ0) is 8.97. The minimum Gasteiger partial charge on any atom is -0.431 e. The van der Waals surface area contributed by atoms with E-state index in [0.717, 1.165) is 18.5 Å². The summed E-state index contributed by atoms with van der Waals surface area (Å²) in [4.78, 5) is 4.18. The molecule has 0 bridgehead atoms. The summed E-state index contributed by atoms with van der Waals surface area (Å²) in [5, 5.41) is 0. The van der Waals surface area contributed by atoms with Crippen molar-refractivity contribution in [3.8, 4) is 0 Å². The van der Waals surface area contributed by atoms with Crippen LogP contribution in [-0.4, -0.2) is 4.98 Å². The molecule has 2 N–H and O–H groups in total. The van der Waals surface area contributed by atoms with Gasteiger partial charge in [-0.15, -0.1) is 5.69 Å². The predicted octanol–water partition coefficient (Wildman–Crippen LogP) is 1.98. The number of aryl methyl sites for hydroxylation is 1. The van der Waals surface area contributed by atoms with Gasteiger partial charge in [0.2, 0.25) is 0 Å². The first kappa shape index (κ1) is 13.1. The molecule has 3 heteroatoms. The van der Waals surface area contributed by atoms with E-state index in [4.69, 9.17) is 5.73 Å². The molecule has 1 aromatic rings. The third-order valence-corrected chi connectivity index (χ3v) is 1.95. The van der Waals surface area contributed by atoms with Crippen LogP contribution in [0.2, 0.25) is 0 Å². The van der Waals surface area contributed by atoms with Crippen molar-refractivity contribution in [2.75, 3.05) is 5.73 Å². The largest absolute Gasteiger partial charge is 0.431 e. The molecule has 69 valence electrons. The average molecular weight is 252 g/mol. The van der Waals surface area contributed by atoms with Crippen molar-refractivity contribution in [3.05, 3.63) is 23.5 Å². The molecule has 0 unspecified atom stereocenters. The fourth-order valence-corrected chi connectivity index (χ4v) is 1.43. The summed E-state index contributed by atoms with van der Waals surface area (Å²) in [5.41, 5.74) is 8.87.